The summed E-state index contributed by atoms with van der Waals surface area (Å²) in [6.07, 6.45) is 0. The van der Waals surface area contributed by atoms with E-state index in [9.17, 15) is 0 Å². The first-order chi connectivity index (χ1) is 9.31. The molecule has 0 saturated heterocycles. The van der Waals surface area contributed by atoms with Crippen LogP contribution >= 0.6 is 11.3 Å². The van der Waals surface area contributed by atoms with Crippen molar-refractivity contribution in [3.63, 3.8) is 0 Å². The first kappa shape index (κ1) is 12.1. The zero-order valence-electron chi connectivity index (χ0n) is 10.8. The van der Waals surface area contributed by atoms with Gasteiger partial charge in [0.05, 0.1) is 14.2 Å². The lowest BCUT2D eigenvalue weighted by Gasteiger charge is -2.05. The molecule has 0 aliphatic carbocycles. The molecule has 96 valence electrons. The number of para-hydroxylation sites is 1. The predicted molar refractivity (Wildman–Crippen MR) is 80.4 cm³/mol. The molecule has 0 fully saturated rings. The van der Waals surface area contributed by atoms with Crippen LogP contribution in [0, 0.1) is 0 Å². The highest BCUT2D eigenvalue weighted by Crippen LogP contribution is 2.39. The fraction of sp³-hybridized carbons (Fsp3) is 0.125. The predicted octanol–water partition coefficient (Wildman–Crippen LogP) is 4.59. The fourth-order valence-electron chi connectivity index (χ4n) is 2.12. The van der Waals surface area contributed by atoms with Crippen LogP contribution in [0.2, 0.25) is 0 Å². The Balaban J connectivity index is 2.15. The van der Waals surface area contributed by atoms with Gasteiger partial charge in [0.15, 0.2) is 0 Å². The molecule has 0 saturated carbocycles. The van der Waals surface area contributed by atoms with E-state index >= 15 is 0 Å². The van der Waals surface area contributed by atoms with Crippen molar-refractivity contribution in [2.75, 3.05) is 14.2 Å². The minimum Gasteiger partial charge on any atom is -0.497 e. The second kappa shape index (κ2) is 4.94. The monoisotopic (exact) mass is 270 g/mol. The van der Waals surface area contributed by atoms with Crippen molar-refractivity contribution in [2.45, 2.75) is 0 Å². The Labute approximate surface area is 116 Å². The number of hydrogen-bond donors (Lipinski definition) is 0. The van der Waals surface area contributed by atoms with E-state index in [1.165, 1.54) is 15.0 Å². The summed E-state index contributed by atoms with van der Waals surface area (Å²) < 4.78 is 11.9. The lowest BCUT2D eigenvalue weighted by molar-refractivity contribution is 0.415. The number of ether oxygens (including phenoxy) is 2. The second-order valence-corrected chi connectivity index (χ2v) is 5.30. The van der Waals surface area contributed by atoms with Gasteiger partial charge >= 0.3 is 0 Å². The van der Waals surface area contributed by atoms with Crippen molar-refractivity contribution in [1.82, 2.24) is 0 Å². The molecular weight excluding hydrogens is 256 g/mol. The van der Waals surface area contributed by atoms with E-state index in [1.807, 2.05) is 24.3 Å². The maximum Gasteiger partial charge on any atom is 0.127 e. The standard InChI is InChI=1S/C16H14O2S/c1-17-12-8-7-11-9-16(19-15(11)10-12)13-5-3-4-6-14(13)18-2/h3-10H,1-2H3. The van der Waals surface area contributed by atoms with Gasteiger partial charge in [-0.2, -0.15) is 0 Å². The summed E-state index contributed by atoms with van der Waals surface area (Å²) >= 11 is 1.75. The lowest BCUT2D eigenvalue weighted by Crippen LogP contribution is -1.84. The maximum absolute atomic E-state index is 5.42. The molecule has 0 aliphatic heterocycles. The molecule has 0 amide bonds. The van der Waals surface area contributed by atoms with Crippen LogP contribution in [0.1, 0.15) is 0 Å². The Morgan fingerprint density at radius 2 is 1.74 bits per heavy atom. The van der Waals surface area contributed by atoms with Gasteiger partial charge in [0.1, 0.15) is 11.5 Å². The smallest absolute Gasteiger partial charge is 0.127 e. The molecule has 0 bridgehead atoms. The second-order valence-electron chi connectivity index (χ2n) is 4.21. The highest BCUT2D eigenvalue weighted by Gasteiger charge is 2.09. The van der Waals surface area contributed by atoms with Gasteiger partial charge < -0.3 is 9.47 Å². The minimum atomic E-state index is 0.890. The molecule has 19 heavy (non-hydrogen) atoms. The number of rotatable bonds is 3. The summed E-state index contributed by atoms with van der Waals surface area (Å²) in [5.41, 5.74) is 1.13. The number of benzene rings is 2. The fourth-order valence-corrected chi connectivity index (χ4v) is 3.24. The van der Waals surface area contributed by atoms with Crippen molar-refractivity contribution in [3.8, 4) is 21.9 Å². The van der Waals surface area contributed by atoms with Gasteiger partial charge in [-0.25, -0.2) is 0 Å². The van der Waals surface area contributed by atoms with Gasteiger partial charge in [-0.05, 0) is 41.8 Å². The van der Waals surface area contributed by atoms with Gasteiger partial charge in [0.25, 0.3) is 0 Å². The number of fused-ring (bicyclic) bond motifs is 1. The molecule has 2 nitrogen and oxygen atoms in total. The summed E-state index contributed by atoms with van der Waals surface area (Å²) in [4.78, 5) is 1.21. The summed E-state index contributed by atoms with van der Waals surface area (Å²) in [6, 6.07) is 16.4. The Bertz CT molecular complexity index is 716. The van der Waals surface area contributed by atoms with Crippen molar-refractivity contribution in [1.29, 1.82) is 0 Å². The number of methoxy groups -OCH3 is 2. The van der Waals surface area contributed by atoms with Gasteiger partial charge in [-0.15, -0.1) is 11.3 Å². The highest BCUT2D eigenvalue weighted by molar-refractivity contribution is 7.22. The molecule has 0 atom stereocenters. The molecule has 3 aromatic rings. The molecule has 1 aromatic heterocycles. The quantitative estimate of drug-likeness (QED) is 0.693. The Kier molecular flexibility index (Phi) is 3.13. The zero-order chi connectivity index (χ0) is 13.2. The van der Waals surface area contributed by atoms with Gasteiger partial charge in [0, 0.05) is 15.1 Å². The Morgan fingerprint density at radius 3 is 2.53 bits per heavy atom. The van der Waals surface area contributed by atoms with Crippen LogP contribution in [0.15, 0.2) is 48.5 Å². The minimum absolute atomic E-state index is 0.890. The molecule has 2 aromatic carbocycles. The van der Waals surface area contributed by atoms with Gasteiger partial charge in [-0.3, -0.25) is 0 Å². The van der Waals surface area contributed by atoms with Crippen LogP contribution < -0.4 is 9.47 Å². The van der Waals surface area contributed by atoms with E-state index in [2.05, 4.69) is 24.3 Å². The molecular formula is C16H14O2S. The molecule has 0 N–H and O–H groups in total. The van der Waals surface area contributed by atoms with Gasteiger partial charge in [-0.1, -0.05) is 12.1 Å². The largest absolute Gasteiger partial charge is 0.497 e. The average Bonchev–Trinajstić information content (AvgIpc) is 2.89. The van der Waals surface area contributed by atoms with E-state index in [1.54, 1.807) is 25.6 Å². The molecule has 3 rings (SSSR count). The third kappa shape index (κ3) is 2.17. The van der Waals surface area contributed by atoms with Crippen LogP contribution in [-0.4, -0.2) is 14.2 Å². The van der Waals surface area contributed by atoms with Crippen LogP contribution in [0.3, 0.4) is 0 Å². The SMILES string of the molecule is COc1ccc2cc(-c3ccccc3OC)sc2c1. The first-order valence-corrected chi connectivity index (χ1v) is 6.84. The van der Waals surface area contributed by atoms with E-state index in [0.29, 0.717) is 0 Å². The van der Waals surface area contributed by atoms with Crippen LogP contribution in [-0.2, 0) is 0 Å². The number of thiophene rings is 1. The summed E-state index contributed by atoms with van der Waals surface area (Å²) in [5, 5.41) is 1.23. The molecule has 0 aliphatic rings. The molecule has 1 heterocycles. The average molecular weight is 270 g/mol. The third-order valence-electron chi connectivity index (χ3n) is 3.10. The molecule has 3 heteroatoms. The van der Waals surface area contributed by atoms with Crippen LogP contribution in [0.4, 0.5) is 0 Å². The van der Waals surface area contributed by atoms with Crippen molar-refractivity contribution in [2.24, 2.45) is 0 Å². The molecule has 0 unspecified atom stereocenters. The first-order valence-electron chi connectivity index (χ1n) is 6.03. The van der Waals surface area contributed by atoms with E-state index in [0.717, 1.165) is 17.1 Å². The van der Waals surface area contributed by atoms with Crippen molar-refractivity contribution in [3.05, 3.63) is 48.5 Å². The van der Waals surface area contributed by atoms with Crippen LogP contribution in [0.5, 0.6) is 11.5 Å². The third-order valence-corrected chi connectivity index (χ3v) is 4.23. The summed E-state index contributed by atoms with van der Waals surface area (Å²) in [6.45, 7) is 0. The molecule has 0 radical (unpaired) electrons. The summed E-state index contributed by atoms with van der Waals surface area (Å²) in [7, 11) is 3.39. The van der Waals surface area contributed by atoms with E-state index in [4.69, 9.17) is 9.47 Å². The maximum atomic E-state index is 5.42. The lowest BCUT2D eigenvalue weighted by atomic mass is 10.1. The summed E-state index contributed by atoms with van der Waals surface area (Å²) in [5.74, 6) is 1.79. The number of hydrogen-bond acceptors (Lipinski definition) is 3. The van der Waals surface area contributed by atoms with Gasteiger partial charge in [0.2, 0.25) is 0 Å². The zero-order valence-corrected chi connectivity index (χ0v) is 11.7. The Hall–Kier alpha value is -2.00. The highest BCUT2D eigenvalue weighted by atomic mass is 32.1. The van der Waals surface area contributed by atoms with Crippen LogP contribution in [0.25, 0.3) is 20.5 Å². The Morgan fingerprint density at radius 1 is 0.895 bits per heavy atom. The normalized spacial score (nSPS) is 10.6. The van der Waals surface area contributed by atoms with Crippen molar-refractivity contribution >= 4 is 21.4 Å². The van der Waals surface area contributed by atoms with Crippen molar-refractivity contribution < 1.29 is 9.47 Å². The molecule has 0 spiro atoms. The topological polar surface area (TPSA) is 18.5 Å². The van der Waals surface area contributed by atoms with E-state index in [-0.39, 0.29) is 0 Å². The van der Waals surface area contributed by atoms with E-state index < -0.39 is 0 Å².